The van der Waals surface area contributed by atoms with Gasteiger partial charge < -0.3 is 20.3 Å². The Bertz CT molecular complexity index is 1130. The fourth-order valence-electron chi connectivity index (χ4n) is 4.04. The lowest BCUT2D eigenvalue weighted by Gasteiger charge is -2.28. The number of amides is 1. The lowest BCUT2D eigenvalue weighted by molar-refractivity contribution is 0.102. The number of carbonyl (C=O) groups is 2. The maximum Gasteiger partial charge on any atom is 0.255 e. The van der Waals surface area contributed by atoms with E-state index in [4.69, 9.17) is 4.74 Å². The maximum absolute atomic E-state index is 12.8. The summed E-state index contributed by atoms with van der Waals surface area (Å²) >= 11 is 0. The zero-order chi connectivity index (χ0) is 23.3. The predicted molar refractivity (Wildman–Crippen MR) is 135 cm³/mol. The Morgan fingerprint density at radius 2 is 1.32 bits per heavy atom. The van der Waals surface area contributed by atoms with Crippen LogP contribution < -0.4 is 15.5 Å². The van der Waals surface area contributed by atoms with Gasteiger partial charge >= 0.3 is 0 Å². The molecule has 2 fully saturated rings. The van der Waals surface area contributed by atoms with Crippen LogP contribution in [0.3, 0.4) is 0 Å². The molecule has 3 aromatic rings. The van der Waals surface area contributed by atoms with Crippen molar-refractivity contribution in [3.05, 3.63) is 89.5 Å². The molecule has 0 atom stereocenters. The number of hydrogen-bond acceptors (Lipinski definition) is 5. The van der Waals surface area contributed by atoms with Crippen LogP contribution in [0.15, 0.2) is 72.8 Å². The van der Waals surface area contributed by atoms with Gasteiger partial charge in [-0.15, -0.1) is 0 Å². The maximum atomic E-state index is 12.8. The Balaban J connectivity index is 1.17. The van der Waals surface area contributed by atoms with Crippen molar-refractivity contribution in [2.45, 2.75) is 12.8 Å². The second-order valence-electron chi connectivity index (χ2n) is 8.91. The third-order valence-corrected chi connectivity index (χ3v) is 6.35. The molecule has 1 heterocycles. The normalized spacial score (nSPS) is 15.6. The van der Waals surface area contributed by atoms with E-state index < -0.39 is 0 Å². The van der Waals surface area contributed by atoms with Gasteiger partial charge in [0.2, 0.25) is 0 Å². The number of anilines is 3. The van der Waals surface area contributed by atoms with Gasteiger partial charge in [-0.3, -0.25) is 9.59 Å². The van der Waals surface area contributed by atoms with Crippen molar-refractivity contribution >= 4 is 28.8 Å². The number of ether oxygens (including phenoxy) is 1. The highest BCUT2D eigenvalue weighted by Gasteiger charge is 2.20. The Morgan fingerprint density at radius 1 is 0.765 bits per heavy atom. The first-order chi connectivity index (χ1) is 16.7. The average molecular weight is 456 g/mol. The van der Waals surface area contributed by atoms with Crippen LogP contribution in [0.4, 0.5) is 17.1 Å². The second-order valence-corrected chi connectivity index (χ2v) is 8.91. The van der Waals surface area contributed by atoms with Gasteiger partial charge in [0.15, 0.2) is 5.78 Å². The van der Waals surface area contributed by atoms with Gasteiger partial charge in [0, 0.05) is 53.4 Å². The first-order valence-electron chi connectivity index (χ1n) is 11.9. The van der Waals surface area contributed by atoms with Crippen molar-refractivity contribution in [2.24, 2.45) is 5.92 Å². The molecular weight excluding hydrogens is 426 g/mol. The highest BCUT2D eigenvalue weighted by molar-refractivity contribution is 6.09. The molecule has 1 aliphatic carbocycles. The summed E-state index contributed by atoms with van der Waals surface area (Å²) in [6, 6.07) is 22.2. The van der Waals surface area contributed by atoms with E-state index in [0.717, 1.165) is 50.1 Å². The van der Waals surface area contributed by atoms with Crippen LogP contribution in [0.1, 0.15) is 39.1 Å². The lowest BCUT2D eigenvalue weighted by atomic mass is 10.0. The molecule has 1 saturated carbocycles. The summed E-state index contributed by atoms with van der Waals surface area (Å²) in [5.41, 5.74) is 4.61. The minimum atomic E-state index is -0.179. The summed E-state index contributed by atoms with van der Waals surface area (Å²) in [5, 5.41) is 6.32. The topological polar surface area (TPSA) is 70.7 Å². The fourth-order valence-corrected chi connectivity index (χ4v) is 4.04. The minimum Gasteiger partial charge on any atom is -0.385 e. The minimum absolute atomic E-state index is 0.0367. The molecule has 0 spiro atoms. The molecule has 0 radical (unpaired) electrons. The molecule has 0 unspecified atom stereocenters. The molecule has 1 amide bonds. The van der Waals surface area contributed by atoms with Gasteiger partial charge in [-0.05, 0) is 91.6 Å². The van der Waals surface area contributed by atoms with E-state index in [0.29, 0.717) is 22.4 Å². The van der Waals surface area contributed by atoms with Crippen LogP contribution in [0.2, 0.25) is 0 Å². The monoisotopic (exact) mass is 455 g/mol. The number of ketones is 1. The van der Waals surface area contributed by atoms with Crippen LogP contribution in [0.5, 0.6) is 0 Å². The van der Waals surface area contributed by atoms with Gasteiger partial charge in [0.05, 0.1) is 13.2 Å². The third-order valence-electron chi connectivity index (χ3n) is 6.35. The quantitative estimate of drug-likeness (QED) is 0.476. The first-order valence-corrected chi connectivity index (χ1v) is 11.9. The van der Waals surface area contributed by atoms with Crippen LogP contribution in [-0.4, -0.2) is 44.5 Å². The van der Waals surface area contributed by atoms with Gasteiger partial charge in [0.1, 0.15) is 0 Å². The summed E-state index contributed by atoms with van der Waals surface area (Å²) in [6.45, 7) is 4.17. The zero-order valence-electron chi connectivity index (χ0n) is 19.1. The van der Waals surface area contributed by atoms with Crippen molar-refractivity contribution in [1.82, 2.24) is 0 Å². The van der Waals surface area contributed by atoms with E-state index in [-0.39, 0.29) is 11.7 Å². The SMILES string of the molecule is O=C(Nc1ccc(C(=O)c2ccc(NCC3CC3)cc2)cc1)c1ccc(N2CCOCC2)cc1. The van der Waals surface area contributed by atoms with E-state index in [1.54, 1.807) is 24.3 Å². The molecule has 6 heteroatoms. The molecule has 0 bridgehead atoms. The highest BCUT2D eigenvalue weighted by Crippen LogP contribution is 2.29. The Hall–Kier alpha value is -3.64. The Kier molecular flexibility index (Phi) is 6.58. The molecule has 2 aliphatic rings. The highest BCUT2D eigenvalue weighted by atomic mass is 16.5. The van der Waals surface area contributed by atoms with E-state index in [2.05, 4.69) is 15.5 Å². The summed E-state index contributed by atoms with van der Waals surface area (Å²) in [7, 11) is 0. The molecular formula is C28H29N3O3. The Morgan fingerprint density at radius 3 is 1.91 bits per heavy atom. The Labute approximate surface area is 199 Å². The first kappa shape index (κ1) is 22.2. The molecule has 6 nitrogen and oxygen atoms in total. The van der Waals surface area contributed by atoms with Crippen LogP contribution >= 0.6 is 0 Å². The molecule has 1 aliphatic heterocycles. The number of benzene rings is 3. The van der Waals surface area contributed by atoms with Crippen molar-refractivity contribution < 1.29 is 14.3 Å². The second kappa shape index (κ2) is 10.1. The summed E-state index contributed by atoms with van der Waals surface area (Å²) in [6.07, 6.45) is 2.61. The average Bonchev–Trinajstić information content (AvgIpc) is 3.73. The number of nitrogens with one attached hydrogen (secondary N) is 2. The van der Waals surface area contributed by atoms with E-state index in [9.17, 15) is 9.59 Å². The van der Waals surface area contributed by atoms with Gasteiger partial charge in [-0.2, -0.15) is 0 Å². The molecule has 1 saturated heterocycles. The van der Waals surface area contributed by atoms with Gasteiger partial charge in [0.25, 0.3) is 5.91 Å². The summed E-state index contributed by atoms with van der Waals surface area (Å²) < 4.78 is 5.39. The molecule has 3 aromatic carbocycles. The van der Waals surface area contributed by atoms with Crippen molar-refractivity contribution in [1.29, 1.82) is 0 Å². The summed E-state index contributed by atoms with van der Waals surface area (Å²) in [4.78, 5) is 27.7. The molecule has 2 N–H and O–H groups in total. The zero-order valence-corrected chi connectivity index (χ0v) is 19.1. The van der Waals surface area contributed by atoms with Crippen LogP contribution in [0, 0.1) is 5.92 Å². The molecule has 5 rings (SSSR count). The number of nitrogens with zero attached hydrogens (tertiary/aromatic N) is 1. The summed E-state index contributed by atoms with van der Waals surface area (Å²) in [5.74, 6) is 0.585. The van der Waals surface area contributed by atoms with E-state index in [1.165, 1.54) is 12.8 Å². The van der Waals surface area contributed by atoms with E-state index in [1.807, 2.05) is 48.5 Å². The number of morpholine rings is 1. The van der Waals surface area contributed by atoms with E-state index >= 15 is 0 Å². The molecule has 34 heavy (non-hydrogen) atoms. The van der Waals surface area contributed by atoms with Crippen molar-refractivity contribution in [2.75, 3.05) is 48.4 Å². The number of carbonyl (C=O) groups excluding carboxylic acids is 2. The van der Waals surface area contributed by atoms with Gasteiger partial charge in [-0.1, -0.05) is 0 Å². The number of hydrogen-bond donors (Lipinski definition) is 2. The van der Waals surface area contributed by atoms with Crippen LogP contribution in [-0.2, 0) is 4.74 Å². The smallest absolute Gasteiger partial charge is 0.255 e. The van der Waals surface area contributed by atoms with Crippen LogP contribution in [0.25, 0.3) is 0 Å². The van der Waals surface area contributed by atoms with Gasteiger partial charge in [-0.25, -0.2) is 0 Å². The van der Waals surface area contributed by atoms with Crippen molar-refractivity contribution in [3.8, 4) is 0 Å². The third kappa shape index (κ3) is 5.46. The standard InChI is InChI=1S/C28H29N3O3/c32-27(21-3-9-24(10-4-21)29-19-20-1-2-20)22-5-11-25(12-6-22)30-28(33)23-7-13-26(14-8-23)31-15-17-34-18-16-31/h3-14,20,29H,1-2,15-19H2,(H,30,33). The lowest BCUT2D eigenvalue weighted by Crippen LogP contribution is -2.36. The predicted octanol–water partition coefficient (Wildman–Crippen LogP) is 4.83. The fraction of sp³-hybridized carbons (Fsp3) is 0.286. The molecule has 0 aromatic heterocycles. The van der Waals surface area contributed by atoms with Crippen molar-refractivity contribution in [3.63, 3.8) is 0 Å². The number of rotatable bonds is 8. The largest absolute Gasteiger partial charge is 0.385 e. The molecule has 174 valence electrons.